The lowest BCUT2D eigenvalue weighted by atomic mass is 9.99. The van der Waals surface area contributed by atoms with Crippen molar-refractivity contribution in [1.82, 2.24) is 4.90 Å². The van der Waals surface area contributed by atoms with Gasteiger partial charge in [-0.1, -0.05) is 29.3 Å². The van der Waals surface area contributed by atoms with Gasteiger partial charge in [0.25, 0.3) is 0 Å². The van der Waals surface area contributed by atoms with Crippen LogP contribution in [0.25, 0.3) is 0 Å². The van der Waals surface area contributed by atoms with Crippen molar-refractivity contribution in [2.45, 2.75) is 52.1 Å². The Labute approximate surface area is 111 Å². The van der Waals surface area contributed by atoms with Crippen LogP contribution in [-0.2, 0) is 0 Å². The quantitative estimate of drug-likeness (QED) is 0.884. The number of rotatable bonds is 4. The van der Waals surface area contributed by atoms with Crippen LogP contribution in [0.1, 0.15) is 48.9 Å². The Morgan fingerprint density at radius 2 is 1.94 bits per heavy atom. The molecule has 18 heavy (non-hydrogen) atoms. The van der Waals surface area contributed by atoms with Crippen molar-refractivity contribution in [1.29, 1.82) is 0 Å². The van der Waals surface area contributed by atoms with E-state index in [2.05, 4.69) is 43.9 Å². The first kappa shape index (κ1) is 13.6. The maximum Gasteiger partial charge on any atom is 0.0307 e. The van der Waals surface area contributed by atoms with E-state index in [9.17, 15) is 0 Å². The summed E-state index contributed by atoms with van der Waals surface area (Å²) >= 11 is 0. The highest BCUT2D eigenvalue weighted by Gasteiger charge is 2.20. The Bertz CT molecular complexity index is 380. The van der Waals surface area contributed by atoms with Crippen molar-refractivity contribution in [2.75, 3.05) is 13.1 Å². The van der Waals surface area contributed by atoms with Gasteiger partial charge in [-0.2, -0.15) is 0 Å². The van der Waals surface area contributed by atoms with Crippen molar-refractivity contribution >= 4 is 0 Å². The molecule has 0 spiro atoms. The van der Waals surface area contributed by atoms with Gasteiger partial charge in [-0.25, -0.2) is 0 Å². The highest BCUT2D eigenvalue weighted by molar-refractivity contribution is 5.30. The molecule has 0 aliphatic carbocycles. The molecule has 0 aromatic heterocycles. The second-order valence-electron chi connectivity index (χ2n) is 5.84. The molecular weight excluding hydrogens is 220 g/mol. The standard InChI is InChI=1S/C16H26N2/c1-12-9-13(2)11-15(10-12)16(17)6-8-18-7-4-5-14(18)3/h9-11,14,16H,4-8,17H2,1-3H3. The maximum atomic E-state index is 6.33. The molecule has 2 unspecified atom stereocenters. The third-order valence-corrected chi connectivity index (χ3v) is 4.09. The molecular formula is C16H26N2. The molecule has 1 fully saturated rings. The Morgan fingerprint density at radius 3 is 2.50 bits per heavy atom. The zero-order chi connectivity index (χ0) is 13.1. The van der Waals surface area contributed by atoms with Gasteiger partial charge >= 0.3 is 0 Å². The topological polar surface area (TPSA) is 29.3 Å². The van der Waals surface area contributed by atoms with Crippen LogP contribution >= 0.6 is 0 Å². The minimum absolute atomic E-state index is 0.177. The maximum absolute atomic E-state index is 6.33. The molecule has 2 rings (SSSR count). The van der Waals surface area contributed by atoms with E-state index in [4.69, 9.17) is 5.73 Å². The fourth-order valence-corrected chi connectivity index (χ4v) is 3.02. The molecule has 1 aliphatic heterocycles. The van der Waals surface area contributed by atoms with Crippen LogP contribution in [0.2, 0.25) is 0 Å². The SMILES string of the molecule is Cc1cc(C)cc(C(N)CCN2CCCC2C)c1. The molecule has 1 aromatic rings. The van der Waals surface area contributed by atoms with E-state index in [0.29, 0.717) is 0 Å². The molecule has 2 N–H and O–H groups in total. The summed E-state index contributed by atoms with van der Waals surface area (Å²) in [5.41, 5.74) is 10.3. The summed E-state index contributed by atoms with van der Waals surface area (Å²) in [6, 6.07) is 7.59. The molecule has 1 aromatic carbocycles. The second-order valence-corrected chi connectivity index (χ2v) is 5.84. The normalized spacial score (nSPS) is 22.3. The smallest absolute Gasteiger partial charge is 0.0307 e. The minimum atomic E-state index is 0.177. The average molecular weight is 246 g/mol. The number of benzene rings is 1. The van der Waals surface area contributed by atoms with E-state index in [0.717, 1.165) is 19.0 Å². The number of nitrogens with zero attached hydrogens (tertiary/aromatic N) is 1. The van der Waals surface area contributed by atoms with Gasteiger partial charge in [0.15, 0.2) is 0 Å². The van der Waals surface area contributed by atoms with E-state index in [1.54, 1.807) is 0 Å². The first-order valence-electron chi connectivity index (χ1n) is 7.14. The minimum Gasteiger partial charge on any atom is -0.324 e. The van der Waals surface area contributed by atoms with Crippen LogP contribution in [-0.4, -0.2) is 24.0 Å². The van der Waals surface area contributed by atoms with Gasteiger partial charge in [0.2, 0.25) is 0 Å². The van der Waals surface area contributed by atoms with Gasteiger partial charge < -0.3 is 10.6 Å². The first-order valence-corrected chi connectivity index (χ1v) is 7.14. The molecule has 0 bridgehead atoms. The predicted octanol–water partition coefficient (Wildman–Crippen LogP) is 3.18. The van der Waals surface area contributed by atoms with Gasteiger partial charge in [-0.15, -0.1) is 0 Å². The Hall–Kier alpha value is -0.860. The molecule has 0 radical (unpaired) electrons. The van der Waals surface area contributed by atoms with Crippen molar-refractivity contribution < 1.29 is 0 Å². The molecule has 1 saturated heterocycles. The van der Waals surface area contributed by atoms with Crippen LogP contribution in [0.3, 0.4) is 0 Å². The number of hydrogen-bond donors (Lipinski definition) is 1. The van der Waals surface area contributed by atoms with Gasteiger partial charge in [-0.05, 0) is 52.1 Å². The van der Waals surface area contributed by atoms with Gasteiger partial charge in [-0.3, -0.25) is 0 Å². The zero-order valence-electron chi connectivity index (χ0n) is 11.9. The van der Waals surface area contributed by atoms with Crippen molar-refractivity contribution in [2.24, 2.45) is 5.73 Å². The van der Waals surface area contributed by atoms with Gasteiger partial charge in [0.05, 0.1) is 0 Å². The first-order chi connectivity index (χ1) is 8.56. The van der Waals surface area contributed by atoms with E-state index in [-0.39, 0.29) is 6.04 Å². The Balaban J connectivity index is 1.92. The monoisotopic (exact) mass is 246 g/mol. The predicted molar refractivity (Wildman–Crippen MR) is 77.7 cm³/mol. The molecule has 2 atom stereocenters. The van der Waals surface area contributed by atoms with E-state index in [1.165, 1.54) is 36.1 Å². The molecule has 2 nitrogen and oxygen atoms in total. The largest absolute Gasteiger partial charge is 0.324 e. The van der Waals surface area contributed by atoms with Gasteiger partial charge in [0, 0.05) is 18.6 Å². The summed E-state index contributed by atoms with van der Waals surface area (Å²) in [4.78, 5) is 2.57. The highest BCUT2D eigenvalue weighted by Crippen LogP contribution is 2.21. The van der Waals surface area contributed by atoms with Crippen LogP contribution in [0.15, 0.2) is 18.2 Å². The second kappa shape index (κ2) is 5.85. The van der Waals surface area contributed by atoms with Crippen molar-refractivity contribution in [3.63, 3.8) is 0 Å². The van der Waals surface area contributed by atoms with Crippen LogP contribution in [0, 0.1) is 13.8 Å². The number of likely N-dealkylation sites (tertiary alicyclic amines) is 1. The highest BCUT2D eigenvalue weighted by atomic mass is 15.2. The fraction of sp³-hybridized carbons (Fsp3) is 0.625. The summed E-state index contributed by atoms with van der Waals surface area (Å²) in [5.74, 6) is 0. The summed E-state index contributed by atoms with van der Waals surface area (Å²) in [5, 5.41) is 0. The molecule has 0 saturated carbocycles. The van der Waals surface area contributed by atoms with E-state index < -0.39 is 0 Å². The van der Waals surface area contributed by atoms with Crippen LogP contribution in [0.5, 0.6) is 0 Å². The summed E-state index contributed by atoms with van der Waals surface area (Å²) in [6.07, 6.45) is 3.76. The molecule has 1 heterocycles. The number of hydrogen-bond acceptors (Lipinski definition) is 2. The van der Waals surface area contributed by atoms with Crippen LogP contribution < -0.4 is 5.73 Å². The Morgan fingerprint density at radius 1 is 1.28 bits per heavy atom. The number of aryl methyl sites for hydroxylation is 2. The van der Waals surface area contributed by atoms with Crippen molar-refractivity contribution in [3.05, 3.63) is 34.9 Å². The molecule has 1 aliphatic rings. The summed E-state index contributed by atoms with van der Waals surface area (Å²) in [7, 11) is 0. The molecule has 100 valence electrons. The lowest BCUT2D eigenvalue weighted by molar-refractivity contribution is 0.258. The summed E-state index contributed by atoms with van der Waals surface area (Å²) < 4.78 is 0. The lowest BCUT2D eigenvalue weighted by Crippen LogP contribution is -2.30. The van der Waals surface area contributed by atoms with E-state index >= 15 is 0 Å². The van der Waals surface area contributed by atoms with Gasteiger partial charge in [0.1, 0.15) is 0 Å². The molecule has 2 heteroatoms. The van der Waals surface area contributed by atoms with E-state index in [1.807, 2.05) is 0 Å². The summed E-state index contributed by atoms with van der Waals surface area (Å²) in [6.45, 7) is 9.00. The Kier molecular flexibility index (Phi) is 4.41. The fourth-order valence-electron chi connectivity index (χ4n) is 3.02. The zero-order valence-corrected chi connectivity index (χ0v) is 11.9. The average Bonchev–Trinajstić information content (AvgIpc) is 2.70. The third-order valence-electron chi connectivity index (χ3n) is 4.09. The van der Waals surface area contributed by atoms with Crippen molar-refractivity contribution in [3.8, 4) is 0 Å². The lowest BCUT2D eigenvalue weighted by Gasteiger charge is -2.23. The third kappa shape index (κ3) is 3.33. The molecule has 0 amide bonds. The number of nitrogens with two attached hydrogens (primary N) is 1. The van der Waals surface area contributed by atoms with Crippen LogP contribution in [0.4, 0.5) is 0 Å².